The Balaban J connectivity index is -0.000000352. The zero-order valence-electron chi connectivity index (χ0n) is 16.8. The van der Waals surface area contributed by atoms with Crippen LogP contribution in [-0.4, -0.2) is 14.2 Å². The molecule has 0 unspecified atom stereocenters. The molecule has 1 fully saturated rings. The first-order valence-electron chi connectivity index (χ1n) is 7.74. The quantitative estimate of drug-likeness (QED) is 0.265. The van der Waals surface area contributed by atoms with E-state index in [9.17, 15) is 0 Å². The summed E-state index contributed by atoms with van der Waals surface area (Å²) in [7, 11) is 1.75. The van der Waals surface area contributed by atoms with Gasteiger partial charge in [0.05, 0.1) is 5.69 Å². The maximum Gasteiger partial charge on any atom is 0 e. The van der Waals surface area contributed by atoms with E-state index >= 15 is 0 Å². The van der Waals surface area contributed by atoms with Gasteiger partial charge in [-0.3, -0.25) is 0 Å². The molecule has 0 atom stereocenters. The predicted octanol–water partition coefficient (Wildman–Crippen LogP) is 5.73. The first kappa shape index (κ1) is 31.1. The summed E-state index contributed by atoms with van der Waals surface area (Å²) >= 11 is 0. The minimum absolute atomic E-state index is 0. The van der Waals surface area contributed by atoms with Gasteiger partial charge in [0.2, 0.25) is 8.17 Å². The maximum atomic E-state index is 7.50. The number of hydrogen-bond acceptors (Lipinski definition) is 3. The van der Waals surface area contributed by atoms with Gasteiger partial charge in [0.25, 0.3) is 0 Å². The van der Waals surface area contributed by atoms with E-state index in [1.165, 1.54) is 29.6 Å². The fourth-order valence-corrected chi connectivity index (χ4v) is 2.90. The van der Waals surface area contributed by atoms with E-state index in [1.54, 1.807) is 14.2 Å². The van der Waals surface area contributed by atoms with E-state index in [4.69, 9.17) is 18.4 Å². The van der Waals surface area contributed by atoms with Crippen molar-refractivity contribution >= 4 is 13.9 Å². The number of para-hydroxylation sites is 1. The van der Waals surface area contributed by atoms with E-state index in [-0.39, 0.29) is 17.1 Å². The molecule has 27 heavy (non-hydrogen) atoms. The molecule has 1 aromatic carbocycles. The minimum atomic E-state index is -1.45. The molecule has 1 saturated carbocycles. The Morgan fingerprint density at radius 3 is 1.26 bits per heavy atom. The summed E-state index contributed by atoms with van der Waals surface area (Å²) in [6, 6.07) is 9.66. The minimum Gasteiger partial charge on any atom is 0 e. The number of nitrogens with zero attached hydrogens (tertiary/aromatic N) is 1. The third-order valence-electron chi connectivity index (χ3n) is 4.14. The Morgan fingerprint density at radius 2 is 1.00 bits per heavy atom. The average molecular weight is 432 g/mol. The summed E-state index contributed by atoms with van der Waals surface area (Å²) in [5.41, 5.74) is 0.898. The van der Waals surface area contributed by atoms with Gasteiger partial charge in [-0.1, -0.05) is 52.8 Å². The standard InChI is InChI=1S/C10H15.C8H12NO2P.2CO.Fe/c1-6-7(2)9(4)10(5)8(6)3;1-10-12(11-2)9-8-6-4-3-5-7-8;2*1-2;/h1-5H3;3-7,12H,1-2H3;;;. The maximum absolute atomic E-state index is 7.50. The second kappa shape index (κ2) is 18.7. The summed E-state index contributed by atoms with van der Waals surface area (Å²) in [6.45, 7) is 20.0. The van der Waals surface area contributed by atoms with Gasteiger partial charge in [0.1, 0.15) is 0 Å². The van der Waals surface area contributed by atoms with Crippen LogP contribution >= 0.6 is 8.17 Å². The Hall–Kier alpha value is -0.631. The Kier molecular flexibility index (Phi) is 21.5. The molecule has 1 aromatic rings. The predicted molar refractivity (Wildman–Crippen MR) is 103 cm³/mol. The van der Waals surface area contributed by atoms with Gasteiger partial charge < -0.3 is 9.05 Å². The molecule has 2 rings (SSSR count). The first-order valence-corrected chi connectivity index (χ1v) is 9.00. The van der Waals surface area contributed by atoms with Crippen LogP contribution in [0.4, 0.5) is 5.69 Å². The third kappa shape index (κ3) is 11.1. The van der Waals surface area contributed by atoms with Crippen LogP contribution in [0.3, 0.4) is 0 Å². The second-order valence-corrected chi connectivity index (χ2v) is 6.82. The van der Waals surface area contributed by atoms with Crippen LogP contribution in [0.15, 0.2) is 35.1 Å². The van der Waals surface area contributed by atoms with E-state index in [1.807, 2.05) is 30.3 Å². The topological polar surface area (TPSA) is 70.6 Å². The van der Waals surface area contributed by atoms with Crippen LogP contribution in [0.5, 0.6) is 0 Å². The fraction of sp³-hybridized carbons (Fsp3) is 0.350. The van der Waals surface area contributed by atoms with E-state index in [0.29, 0.717) is 0 Å². The number of hydrogen-bond donors (Lipinski definition) is 0. The first-order chi connectivity index (χ1) is 12.4. The molecule has 0 bridgehead atoms. The van der Waals surface area contributed by atoms with Gasteiger partial charge in [-0.05, 0) is 41.7 Å². The second-order valence-electron chi connectivity index (χ2n) is 5.25. The molecule has 0 heterocycles. The van der Waals surface area contributed by atoms with Crippen molar-refractivity contribution in [2.75, 3.05) is 14.2 Å². The molecular weight excluding hydrogens is 405 g/mol. The molecule has 1 aliphatic rings. The van der Waals surface area contributed by atoms with Crippen LogP contribution in [0, 0.1) is 42.9 Å². The smallest absolute Gasteiger partial charge is 0 e. The van der Waals surface area contributed by atoms with Gasteiger partial charge in [-0.15, -0.1) is 0 Å². The molecular formula is C20H27FeNO4P. The normalized spacial score (nSPS) is 15.3. The molecule has 5 radical (unpaired) electrons. The zero-order valence-corrected chi connectivity index (χ0v) is 18.9. The fourth-order valence-electron chi connectivity index (χ4n) is 2.19. The molecule has 0 aromatic heterocycles. The van der Waals surface area contributed by atoms with Crippen molar-refractivity contribution in [1.29, 1.82) is 0 Å². The number of benzene rings is 1. The summed E-state index contributed by atoms with van der Waals surface area (Å²) < 4.78 is 29.3. The Morgan fingerprint density at radius 1 is 0.704 bits per heavy atom. The molecule has 7 heteroatoms. The summed E-state index contributed by atoms with van der Waals surface area (Å²) in [5.74, 6) is 7.34. The van der Waals surface area contributed by atoms with Crippen molar-refractivity contribution in [3.05, 3.63) is 73.2 Å². The van der Waals surface area contributed by atoms with Gasteiger partial charge >= 0.3 is 22.6 Å². The Labute approximate surface area is 176 Å². The summed E-state index contributed by atoms with van der Waals surface area (Å²) in [4.78, 5) is 0. The molecule has 1 aliphatic carbocycles. The van der Waals surface area contributed by atoms with E-state index in [2.05, 4.69) is 52.7 Å². The average Bonchev–Trinajstić information content (AvgIpc) is 2.88. The van der Waals surface area contributed by atoms with Gasteiger partial charge in [-0.2, -0.15) is 0 Å². The van der Waals surface area contributed by atoms with E-state index < -0.39 is 8.17 Å². The van der Waals surface area contributed by atoms with Crippen LogP contribution in [0.25, 0.3) is 0 Å². The zero-order chi connectivity index (χ0) is 20.7. The van der Waals surface area contributed by atoms with Crippen molar-refractivity contribution in [2.45, 2.75) is 34.6 Å². The summed E-state index contributed by atoms with van der Waals surface area (Å²) in [6.07, 6.45) is 0. The molecule has 0 amide bonds. The molecule has 149 valence electrons. The van der Waals surface area contributed by atoms with Crippen LogP contribution < -0.4 is 0 Å². The summed E-state index contributed by atoms with van der Waals surface area (Å²) in [5, 5.41) is 0. The van der Waals surface area contributed by atoms with E-state index in [0.717, 1.165) is 5.69 Å². The molecule has 0 aliphatic heterocycles. The SMILES string of the molecule is CO[PH](=Nc1ccccc1)OC.C[C]1[C](C)[C](C)[C](C)[C]1C.[C-]#[O+].[C-]#[O+].[Fe]. The molecule has 5 nitrogen and oxygen atoms in total. The molecule has 0 spiro atoms. The largest absolute Gasteiger partial charge is 0 e. The van der Waals surface area contributed by atoms with Crippen molar-refractivity contribution in [3.8, 4) is 0 Å². The Bertz CT molecular complexity index is 494. The van der Waals surface area contributed by atoms with Crippen molar-refractivity contribution < 1.29 is 35.4 Å². The number of rotatable bonds is 3. The third-order valence-corrected chi connectivity index (χ3v) is 5.28. The van der Waals surface area contributed by atoms with Crippen molar-refractivity contribution in [3.63, 3.8) is 0 Å². The monoisotopic (exact) mass is 432 g/mol. The van der Waals surface area contributed by atoms with Crippen LogP contribution in [0.1, 0.15) is 34.6 Å². The van der Waals surface area contributed by atoms with Crippen molar-refractivity contribution in [1.82, 2.24) is 0 Å². The van der Waals surface area contributed by atoms with Gasteiger partial charge in [0.15, 0.2) is 0 Å². The van der Waals surface area contributed by atoms with Crippen LogP contribution in [-0.2, 0) is 35.4 Å². The van der Waals surface area contributed by atoms with Gasteiger partial charge in [0, 0.05) is 31.3 Å². The molecule has 0 N–H and O–H groups in total. The van der Waals surface area contributed by atoms with Crippen LogP contribution in [0.2, 0.25) is 0 Å². The van der Waals surface area contributed by atoms with Gasteiger partial charge in [-0.25, -0.2) is 4.74 Å². The van der Waals surface area contributed by atoms with Crippen molar-refractivity contribution in [2.24, 2.45) is 4.74 Å². The molecule has 0 saturated heterocycles.